The highest BCUT2D eigenvalue weighted by molar-refractivity contribution is 6.30. The van der Waals surface area contributed by atoms with Gasteiger partial charge in [-0.25, -0.2) is 0 Å². The van der Waals surface area contributed by atoms with Crippen molar-refractivity contribution in [3.63, 3.8) is 0 Å². The summed E-state index contributed by atoms with van der Waals surface area (Å²) < 4.78 is 5.39. The van der Waals surface area contributed by atoms with Gasteiger partial charge in [-0.3, -0.25) is 14.9 Å². The number of nitrogens with zero attached hydrogens (tertiary/aromatic N) is 1. The first kappa shape index (κ1) is 15.5. The Morgan fingerprint density at radius 1 is 1.57 bits per heavy atom. The first-order valence-corrected chi connectivity index (χ1v) is 6.97. The van der Waals surface area contributed by atoms with Crippen molar-refractivity contribution in [3.8, 4) is 5.75 Å². The summed E-state index contributed by atoms with van der Waals surface area (Å²) in [6, 6.07) is 3.94. The number of rotatable bonds is 8. The van der Waals surface area contributed by atoms with Crippen molar-refractivity contribution in [1.29, 1.82) is 0 Å². The number of hydrogen-bond acceptors (Lipinski definition) is 5. The van der Waals surface area contributed by atoms with Crippen LogP contribution in [-0.2, 0) is 4.79 Å². The summed E-state index contributed by atoms with van der Waals surface area (Å²) in [5.41, 5.74) is 5.15. The number of nitro benzene ring substituents is 1. The predicted octanol–water partition coefficient (Wildman–Crippen LogP) is 1.62. The van der Waals surface area contributed by atoms with Crippen LogP contribution in [0.2, 0.25) is 5.02 Å². The van der Waals surface area contributed by atoms with Gasteiger partial charge in [0.25, 0.3) is 0 Å². The van der Waals surface area contributed by atoms with Gasteiger partial charge in [0.05, 0.1) is 17.6 Å². The molecule has 21 heavy (non-hydrogen) atoms. The second-order valence-electron chi connectivity index (χ2n) is 4.90. The van der Waals surface area contributed by atoms with Gasteiger partial charge in [-0.1, -0.05) is 11.6 Å². The van der Waals surface area contributed by atoms with Crippen LogP contribution in [0.1, 0.15) is 19.3 Å². The minimum Gasteiger partial charge on any atom is -0.487 e. The molecule has 0 aromatic heterocycles. The molecule has 1 saturated carbocycles. The first-order valence-electron chi connectivity index (χ1n) is 6.59. The van der Waals surface area contributed by atoms with Gasteiger partial charge < -0.3 is 15.8 Å². The van der Waals surface area contributed by atoms with Crippen LogP contribution in [0.3, 0.4) is 0 Å². The van der Waals surface area contributed by atoms with E-state index in [1.807, 2.05) is 0 Å². The van der Waals surface area contributed by atoms with Crippen molar-refractivity contribution in [2.75, 3.05) is 6.61 Å². The normalized spacial score (nSPS) is 15.5. The Hall–Kier alpha value is -1.86. The molecule has 0 bridgehead atoms. The van der Waals surface area contributed by atoms with Crippen LogP contribution in [-0.4, -0.2) is 29.5 Å². The summed E-state index contributed by atoms with van der Waals surface area (Å²) in [6.45, 7) is 0.133. The molecule has 1 aliphatic rings. The fraction of sp³-hybridized carbons (Fsp3) is 0.462. The number of amides is 1. The Labute approximate surface area is 126 Å². The van der Waals surface area contributed by atoms with Gasteiger partial charge in [0, 0.05) is 29.6 Å². The molecule has 2 rings (SSSR count). The maximum atomic E-state index is 11.3. The minimum atomic E-state index is -0.542. The van der Waals surface area contributed by atoms with Crippen molar-refractivity contribution >= 4 is 23.2 Å². The van der Waals surface area contributed by atoms with Crippen LogP contribution >= 0.6 is 11.6 Å². The van der Waals surface area contributed by atoms with E-state index in [0.29, 0.717) is 17.5 Å². The van der Waals surface area contributed by atoms with Gasteiger partial charge in [0.2, 0.25) is 5.91 Å². The number of ether oxygens (including phenoxy) is 1. The Morgan fingerprint density at radius 3 is 2.86 bits per heavy atom. The second-order valence-corrected chi connectivity index (χ2v) is 5.34. The number of halogens is 1. The lowest BCUT2D eigenvalue weighted by Crippen LogP contribution is -2.43. The van der Waals surface area contributed by atoms with Crippen molar-refractivity contribution in [2.45, 2.75) is 31.3 Å². The molecule has 1 aromatic carbocycles. The number of primary amides is 1. The summed E-state index contributed by atoms with van der Waals surface area (Å²) in [5.74, 6) is -0.367. The third kappa shape index (κ3) is 4.57. The van der Waals surface area contributed by atoms with Crippen LogP contribution in [0.4, 0.5) is 5.69 Å². The Bertz CT molecular complexity index is 548. The van der Waals surface area contributed by atoms with Crippen LogP contribution in [0.15, 0.2) is 18.2 Å². The monoisotopic (exact) mass is 313 g/mol. The van der Waals surface area contributed by atoms with Crippen LogP contribution in [0, 0.1) is 10.1 Å². The molecule has 0 heterocycles. The van der Waals surface area contributed by atoms with Gasteiger partial charge in [0.1, 0.15) is 0 Å². The maximum absolute atomic E-state index is 11.3. The molecule has 3 N–H and O–H groups in total. The van der Waals surface area contributed by atoms with E-state index in [-0.39, 0.29) is 18.0 Å². The Morgan fingerprint density at radius 2 is 2.29 bits per heavy atom. The molecular weight excluding hydrogens is 298 g/mol. The van der Waals surface area contributed by atoms with E-state index in [4.69, 9.17) is 22.1 Å². The van der Waals surface area contributed by atoms with Gasteiger partial charge in [-0.2, -0.15) is 0 Å². The molecule has 1 unspecified atom stereocenters. The fourth-order valence-electron chi connectivity index (χ4n) is 1.88. The van der Waals surface area contributed by atoms with E-state index in [1.54, 1.807) is 0 Å². The zero-order chi connectivity index (χ0) is 15.4. The van der Waals surface area contributed by atoms with E-state index in [9.17, 15) is 14.9 Å². The van der Waals surface area contributed by atoms with Crippen molar-refractivity contribution in [3.05, 3.63) is 33.3 Å². The van der Waals surface area contributed by atoms with Gasteiger partial charge in [-0.05, 0) is 18.9 Å². The smallest absolute Gasteiger partial charge is 0.311 e. The zero-order valence-corrected chi connectivity index (χ0v) is 12.0. The van der Waals surface area contributed by atoms with E-state index in [1.165, 1.54) is 18.2 Å². The molecule has 7 nitrogen and oxygen atoms in total. The number of benzene rings is 1. The average Bonchev–Trinajstić information content (AvgIpc) is 3.21. The standard InChI is InChI=1S/C13H16ClN3O4/c14-8-1-4-11(17(19)20)12(7-8)21-6-5-10(13(15)18)16-9-2-3-9/h1,4,7,9-10,16H,2-3,5-6H2,(H2,15,18). The van der Waals surface area contributed by atoms with E-state index >= 15 is 0 Å². The number of nitro groups is 1. The second kappa shape index (κ2) is 6.73. The first-order chi connectivity index (χ1) is 9.97. The van der Waals surface area contributed by atoms with Crippen molar-refractivity contribution in [2.24, 2.45) is 5.73 Å². The average molecular weight is 314 g/mol. The molecule has 1 atom stereocenters. The number of carbonyl (C=O) groups excluding carboxylic acids is 1. The number of hydrogen-bond donors (Lipinski definition) is 2. The third-order valence-corrected chi connectivity index (χ3v) is 3.38. The van der Waals surface area contributed by atoms with Crippen molar-refractivity contribution in [1.82, 2.24) is 5.32 Å². The summed E-state index contributed by atoms with van der Waals surface area (Å²) in [5, 5.41) is 14.3. The van der Waals surface area contributed by atoms with E-state index < -0.39 is 16.9 Å². The zero-order valence-electron chi connectivity index (χ0n) is 11.3. The molecule has 114 valence electrons. The molecular formula is C13H16ClN3O4. The molecule has 0 radical (unpaired) electrons. The van der Waals surface area contributed by atoms with E-state index in [0.717, 1.165) is 12.8 Å². The number of nitrogens with one attached hydrogen (secondary N) is 1. The molecule has 0 aliphatic heterocycles. The topological polar surface area (TPSA) is 107 Å². The fourth-order valence-corrected chi connectivity index (χ4v) is 2.05. The summed E-state index contributed by atoms with van der Waals surface area (Å²) in [4.78, 5) is 21.7. The molecule has 8 heteroatoms. The Kier molecular flexibility index (Phi) is 4.98. The predicted molar refractivity (Wildman–Crippen MR) is 77.4 cm³/mol. The van der Waals surface area contributed by atoms with Gasteiger partial charge in [0.15, 0.2) is 5.75 Å². The molecule has 0 saturated heterocycles. The van der Waals surface area contributed by atoms with Crippen molar-refractivity contribution < 1.29 is 14.5 Å². The quantitative estimate of drug-likeness (QED) is 0.560. The lowest BCUT2D eigenvalue weighted by atomic mass is 10.2. The minimum absolute atomic E-state index is 0.0853. The highest BCUT2D eigenvalue weighted by Crippen LogP contribution is 2.30. The van der Waals surface area contributed by atoms with Crippen LogP contribution < -0.4 is 15.8 Å². The summed E-state index contributed by atoms with van der Waals surface area (Å²) in [7, 11) is 0. The van der Waals surface area contributed by atoms with Gasteiger partial charge in [-0.15, -0.1) is 0 Å². The summed E-state index contributed by atoms with van der Waals surface area (Å²) >= 11 is 5.80. The Balaban J connectivity index is 1.93. The molecule has 1 amide bonds. The number of carbonyl (C=O) groups is 1. The van der Waals surface area contributed by atoms with Crippen LogP contribution in [0.25, 0.3) is 0 Å². The van der Waals surface area contributed by atoms with Gasteiger partial charge >= 0.3 is 5.69 Å². The van der Waals surface area contributed by atoms with Crippen LogP contribution in [0.5, 0.6) is 5.75 Å². The highest BCUT2D eigenvalue weighted by Gasteiger charge is 2.27. The number of nitrogens with two attached hydrogens (primary N) is 1. The third-order valence-electron chi connectivity index (χ3n) is 3.14. The molecule has 1 aliphatic carbocycles. The molecule has 1 aromatic rings. The SMILES string of the molecule is NC(=O)C(CCOc1cc(Cl)ccc1[N+](=O)[O-])NC1CC1. The largest absolute Gasteiger partial charge is 0.487 e. The lowest BCUT2D eigenvalue weighted by molar-refractivity contribution is -0.385. The maximum Gasteiger partial charge on any atom is 0.311 e. The van der Waals surface area contributed by atoms with E-state index in [2.05, 4.69) is 5.32 Å². The molecule has 1 fully saturated rings. The lowest BCUT2D eigenvalue weighted by Gasteiger charge is -2.15. The molecule has 0 spiro atoms. The highest BCUT2D eigenvalue weighted by atomic mass is 35.5. The summed E-state index contributed by atoms with van der Waals surface area (Å²) in [6.07, 6.45) is 2.41.